The largest absolute Gasteiger partial charge is 0.383 e. The van der Waals surface area contributed by atoms with E-state index in [4.69, 9.17) is 5.73 Å². The van der Waals surface area contributed by atoms with Crippen molar-refractivity contribution in [2.45, 2.75) is 13.0 Å². The minimum Gasteiger partial charge on any atom is -0.383 e. The molecule has 5 nitrogen and oxygen atoms in total. The Bertz CT molecular complexity index is 859. The molecule has 1 aliphatic rings. The van der Waals surface area contributed by atoms with Crippen LogP contribution < -0.4 is 5.73 Å². The topological polar surface area (TPSA) is 72.1 Å². The number of aromatic nitrogens is 2. The number of rotatable bonds is 1. The molecule has 0 atom stereocenters. The normalized spacial score (nSPS) is 14.1. The average molecular weight is 310 g/mol. The highest BCUT2D eigenvalue weighted by Gasteiger charge is 2.26. The summed E-state index contributed by atoms with van der Waals surface area (Å²) >= 11 is 1.61. The van der Waals surface area contributed by atoms with Crippen LogP contribution >= 0.6 is 11.3 Å². The van der Waals surface area contributed by atoms with Crippen LogP contribution in [0.1, 0.15) is 20.8 Å². The van der Waals surface area contributed by atoms with Crippen molar-refractivity contribution in [2.75, 3.05) is 12.3 Å². The lowest BCUT2D eigenvalue weighted by molar-refractivity contribution is 0.0737. The van der Waals surface area contributed by atoms with Gasteiger partial charge in [0, 0.05) is 17.0 Å². The van der Waals surface area contributed by atoms with Crippen LogP contribution in [-0.2, 0) is 13.0 Å². The van der Waals surface area contributed by atoms with Crippen LogP contribution in [0.15, 0.2) is 36.7 Å². The summed E-state index contributed by atoms with van der Waals surface area (Å²) in [6.45, 7) is 1.31. The van der Waals surface area contributed by atoms with Crippen LogP contribution in [0.3, 0.4) is 0 Å². The molecule has 0 fully saturated rings. The molecule has 22 heavy (non-hydrogen) atoms. The maximum atomic E-state index is 12.6. The minimum atomic E-state index is 0.0720. The van der Waals surface area contributed by atoms with E-state index in [2.05, 4.69) is 9.97 Å². The zero-order chi connectivity index (χ0) is 15.1. The van der Waals surface area contributed by atoms with Gasteiger partial charge in [0.2, 0.25) is 0 Å². The van der Waals surface area contributed by atoms with Gasteiger partial charge in [0.15, 0.2) is 0 Å². The third kappa shape index (κ3) is 2.03. The third-order valence-electron chi connectivity index (χ3n) is 3.97. The lowest BCUT2D eigenvalue weighted by Gasteiger charge is -2.27. The van der Waals surface area contributed by atoms with Gasteiger partial charge in [-0.2, -0.15) is 0 Å². The Balaban J connectivity index is 1.69. The summed E-state index contributed by atoms with van der Waals surface area (Å²) in [4.78, 5) is 24.9. The highest BCUT2D eigenvalue weighted by Crippen LogP contribution is 2.36. The number of nitrogens with zero attached hydrogens (tertiary/aromatic N) is 3. The number of carbonyl (C=O) groups is 1. The molecule has 3 heterocycles. The van der Waals surface area contributed by atoms with E-state index in [1.807, 2.05) is 35.2 Å². The van der Waals surface area contributed by atoms with Gasteiger partial charge in [-0.05, 0) is 24.1 Å². The van der Waals surface area contributed by atoms with Gasteiger partial charge in [-0.1, -0.05) is 18.2 Å². The predicted molar refractivity (Wildman–Crippen MR) is 86.7 cm³/mol. The molecule has 0 radical (unpaired) electrons. The quantitative estimate of drug-likeness (QED) is 0.749. The van der Waals surface area contributed by atoms with E-state index in [0.29, 0.717) is 18.9 Å². The minimum absolute atomic E-state index is 0.0720. The van der Waals surface area contributed by atoms with Crippen LogP contribution in [-0.4, -0.2) is 27.3 Å². The molecule has 6 heteroatoms. The molecule has 0 saturated heterocycles. The summed E-state index contributed by atoms with van der Waals surface area (Å²) in [5.41, 5.74) is 7.92. The van der Waals surface area contributed by atoms with Crippen molar-refractivity contribution in [1.82, 2.24) is 14.9 Å². The first-order valence-corrected chi connectivity index (χ1v) is 7.91. The molecule has 1 aliphatic heterocycles. The number of amides is 1. The second-order valence-corrected chi connectivity index (χ2v) is 6.37. The Morgan fingerprint density at radius 3 is 2.86 bits per heavy atom. The predicted octanol–water partition coefficient (Wildman–Crippen LogP) is 2.47. The Hall–Kier alpha value is -2.47. The van der Waals surface area contributed by atoms with Crippen LogP contribution in [0.4, 0.5) is 5.82 Å². The lowest BCUT2D eigenvalue weighted by Crippen LogP contribution is -2.35. The number of thiophene rings is 1. The third-order valence-corrected chi connectivity index (χ3v) is 5.10. The number of nitrogens with two attached hydrogens (primary N) is 1. The van der Waals surface area contributed by atoms with Gasteiger partial charge in [-0.25, -0.2) is 9.97 Å². The van der Waals surface area contributed by atoms with Crippen LogP contribution in [0.2, 0.25) is 0 Å². The zero-order valence-electron chi connectivity index (χ0n) is 11.8. The fourth-order valence-corrected chi connectivity index (χ4v) is 4.10. The van der Waals surface area contributed by atoms with Crippen molar-refractivity contribution in [3.63, 3.8) is 0 Å². The van der Waals surface area contributed by atoms with Crippen LogP contribution in [0.5, 0.6) is 0 Å². The smallest absolute Gasteiger partial charge is 0.254 e. The Morgan fingerprint density at radius 1 is 1.23 bits per heavy atom. The first kappa shape index (κ1) is 13.2. The maximum absolute atomic E-state index is 12.6. The highest BCUT2D eigenvalue weighted by molar-refractivity contribution is 7.19. The van der Waals surface area contributed by atoms with E-state index in [-0.39, 0.29) is 5.91 Å². The monoisotopic (exact) mass is 310 g/mol. The SMILES string of the molecule is Nc1ncnc2sc3c(c12)CCN(C(=O)c1ccccc1)C3. The number of hydrogen-bond donors (Lipinski definition) is 1. The molecule has 1 aromatic carbocycles. The van der Waals surface area contributed by atoms with Crippen molar-refractivity contribution in [1.29, 1.82) is 0 Å². The fourth-order valence-electron chi connectivity index (χ4n) is 2.89. The number of carbonyl (C=O) groups excluding carboxylic acids is 1. The first-order valence-electron chi connectivity index (χ1n) is 7.09. The second kappa shape index (κ2) is 5.06. The van der Waals surface area contributed by atoms with Crippen molar-refractivity contribution in [3.05, 3.63) is 52.7 Å². The van der Waals surface area contributed by atoms with Crippen molar-refractivity contribution in [2.24, 2.45) is 0 Å². The van der Waals surface area contributed by atoms with E-state index in [0.717, 1.165) is 27.1 Å². The summed E-state index contributed by atoms with van der Waals surface area (Å²) < 4.78 is 0. The Kier molecular flexibility index (Phi) is 3.04. The van der Waals surface area contributed by atoms with E-state index < -0.39 is 0 Å². The van der Waals surface area contributed by atoms with Gasteiger partial charge in [0.05, 0.1) is 11.9 Å². The fraction of sp³-hybridized carbons (Fsp3) is 0.188. The molecule has 110 valence electrons. The molecule has 2 N–H and O–H groups in total. The number of nitrogen functional groups attached to an aromatic ring is 1. The number of fused-ring (bicyclic) bond motifs is 3. The van der Waals surface area contributed by atoms with Gasteiger partial charge < -0.3 is 10.6 Å². The molecular formula is C16H14N4OS. The van der Waals surface area contributed by atoms with Gasteiger partial charge >= 0.3 is 0 Å². The van der Waals surface area contributed by atoms with Gasteiger partial charge in [0.1, 0.15) is 17.0 Å². The maximum Gasteiger partial charge on any atom is 0.254 e. The molecule has 0 spiro atoms. The number of anilines is 1. The Morgan fingerprint density at radius 2 is 2.05 bits per heavy atom. The zero-order valence-corrected chi connectivity index (χ0v) is 12.6. The van der Waals surface area contributed by atoms with Gasteiger partial charge in [0.25, 0.3) is 5.91 Å². The molecule has 0 aliphatic carbocycles. The standard InChI is InChI=1S/C16H14N4OS/c17-14-13-11-6-7-20(16(21)10-4-2-1-3-5-10)8-12(11)22-15(13)19-9-18-14/h1-5,9H,6-8H2,(H2,17,18,19). The lowest BCUT2D eigenvalue weighted by atomic mass is 10.0. The summed E-state index contributed by atoms with van der Waals surface area (Å²) in [5, 5.41) is 0.967. The summed E-state index contributed by atoms with van der Waals surface area (Å²) in [6.07, 6.45) is 2.29. The van der Waals surface area contributed by atoms with Crippen molar-refractivity contribution in [3.8, 4) is 0 Å². The molecule has 0 unspecified atom stereocenters. The molecular weight excluding hydrogens is 296 g/mol. The average Bonchev–Trinajstić information content (AvgIpc) is 2.93. The van der Waals surface area contributed by atoms with Gasteiger partial charge in [-0.3, -0.25) is 4.79 Å². The van der Waals surface area contributed by atoms with Crippen LogP contribution in [0, 0.1) is 0 Å². The summed E-state index contributed by atoms with van der Waals surface area (Å²) in [6, 6.07) is 9.40. The first-order chi connectivity index (χ1) is 10.7. The molecule has 3 aromatic rings. The van der Waals surface area contributed by atoms with E-state index in [1.54, 1.807) is 11.3 Å². The number of benzene rings is 1. The highest BCUT2D eigenvalue weighted by atomic mass is 32.1. The van der Waals surface area contributed by atoms with Crippen molar-refractivity contribution >= 4 is 33.3 Å². The van der Waals surface area contributed by atoms with E-state index in [1.165, 1.54) is 11.9 Å². The van der Waals surface area contributed by atoms with Gasteiger partial charge in [-0.15, -0.1) is 11.3 Å². The van der Waals surface area contributed by atoms with E-state index in [9.17, 15) is 4.79 Å². The molecule has 2 aromatic heterocycles. The molecule has 0 bridgehead atoms. The summed E-state index contributed by atoms with van der Waals surface area (Å²) in [7, 11) is 0. The molecule has 4 rings (SSSR count). The molecule has 0 saturated carbocycles. The number of hydrogen-bond acceptors (Lipinski definition) is 5. The Labute approximate surface area is 131 Å². The van der Waals surface area contributed by atoms with E-state index >= 15 is 0 Å². The van der Waals surface area contributed by atoms with Crippen molar-refractivity contribution < 1.29 is 4.79 Å². The second-order valence-electron chi connectivity index (χ2n) is 5.29. The summed E-state index contributed by atoms with van der Waals surface area (Å²) in [5.74, 6) is 0.605. The van der Waals surface area contributed by atoms with Crippen LogP contribution in [0.25, 0.3) is 10.2 Å². The molecule has 1 amide bonds.